The Bertz CT molecular complexity index is 258. The van der Waals surface area contributed by atoms with Crippen LogP contribution in [0.25, 0.3) is 0 Å². The van der Waals surface area contributed by atoms with Gasteiger partial charge in [0.2, 0.25) is 0 Å². The zero-order valence-electron chi connectivity index (χ0n) is 7.73. The molecule has 0 radical (unpaired) electrons. The van der Waals surface area contributed by atoms with E-state index in [-0.39, 0.29) is 0 Å². The lowest BCUT2D eigenvalue weighted by Crippen LogP contribution is -1.82. The van der Waals surface area contributed by atoms with E-state index in [1.165, 1.54) is 0 Å². The summed E-state index contributed by atoms with van der Waals surface area (Å²) in [5, 5.41) is 0.733. The van der Waals surface area contributed by atoms with Crippen molar-refractivity contribution in [2.45, 2.75) is 26.2 Å². The van der Waals surface area contributed by atoms with Gasteiger partial charge in [-0.3, -0.25) is 0 Å². The standard InChI is InChI=1S/C10H13Cl/c1-2-3-5-9-6-4-7-10(11)8-9/h4,6-8H,2-3,5H2,1H3/i6D. The van der Waals surface area contributed by atoms with Crippen molar-refractivity contribution in [2.75, 3.05) is 0 Å². The van der Waals surface area contributed by atoms with Crippen molar-refractivity contribution in [1.82, 2.24) is 0 Å². The van der Waals surface area contributed by atoms with Gasteiger partial charge in [0.25, 0.3) is 0 Å². The van der Waals surface area contributed by atoms with Gasteiger partial charge in [0.15, 0.2) is 0 Å². The summed E-state index contributed by atoms with van der Waals surface area (Å²) in [5.74, 6) is 0. The normalized spacial score (nSPS) is 11.3. The Kier molecular flexibility index (Phi) is 2.87. The van der Waals surface area contributed by atoms with Crippen molar-refractivity contribution in [3.05, 3.63) is 34.8 Å². The van der Waals surface area contributed by atoms with E-state index in [1.54, 1.807) is 12.1 Å². The van der Waals surface area contributed by atoms with Crippen molar-refractivity contribution >= 4 is 11.6 Å². The van der Waals surface area contributed by atoms with Crippen LogP contribution in [0.5, 0.6) is 0 Å². The second kappa shape index (κ2) is 4.40. The molecular formula is C10H13Cl. The first kappa shape index (κ1) is 7.17. The first-order valence-corrected chi connectivity index (χ1v) is 4.37. The summed E-state index contributed by atoms with van der Waals surface area (Å²) in [6, 6.07) is 6.01. The molecule has 0 saturated heterocycles. The number of halogens is 1. The van der Waals surface area contributed by atoms with Crippen molar-refractivity contribution in [2.24, 2.45) is 0 Å². The van der Waals surface area contributed by atoms with Crippen LogP contribution >= 0.6 is 11.6 Å². The van der Waals surface area contributed by atoms with Crippen LogP contribution in [0.2, 0.25) is 5.02 Å². The van der Waals surface area contributed by atoms with E-state index >= 15 is 0 Å². The fraction of sp³-hybridized carbons (Fsp3) is 0.400. The minimum atomic E-state index is 0.604. The van der Waals surface area contributed by atoms with E-state index in [0.717, 1.165) is 29.8 Å². The topological polar surface area (TPSA) is 0 Å². The van der Waals surface area contributed by atoms with Gasteiger partial charge < -0.3 is 0 Å². The minimum absolute atomic E-state index is 0.604. The van der Waals surface area contributed by atoms with E-state index in [1.807, 2.05) is 6.07 Å². The van der Waals surface area contributed by atoms with Gasteiger partial charge >= 0.3 is 0 Å². The molecule has 1 aromatic carbocycles. The van der Waals surface area contributed by atoms with Crippen molar-refractivity contribution in [1.29, 1.82) is 0 Å². The van der Waals surface area contributed by atoms with Crippen LogP contribution in [-0.2, 0) is 6.42 Å². The third kappa shape index (κ3) is 2.94. The predicted molar refractivity (Wildman–Crippen MR) is 50.1 cm³/mol. The quantitative estimate of drug-likeness (QED) is 0.648. The molecule has 0 atom stereocenters. The zero-order valence-corrected chi connectivity index (χ0v) is 7.49. The molecule has 1 aromatic rings. The van der Waals surface area contributed by atoms with E-state index < -0.39 is 0 Å². The molecule has 0 nitrogen and oxygen atoms in total. The molecular weight excluding hydrogens is 156 g/mol. The van der Waals surface area contributed by atoms with Crippen LogP contribution in [0.4, 0.5) is 0 Å². The van der Waals surface area contributed by atoms with Gasteiger partial charge in [-0.2, -0.15) is 0 Å². The average Bonchev–Trinajstić information content (AvgIpc) is 2.07. The first-order chi connectivity index (χ1) is 5.74. The summed E-state index contributed by atoms with van der Waals surface area (Å²) in [4.78, 5) is 0. The third-order valence-corrected chi connectivity index (χ3v) is 1.86. The molecule has 0 saturated carbocycles. The van der Waals surface area contributed by atoms with Gasteiger partial charge in [-0.05, 0) is 30.5 Å². The van der Waals surface area contributed by atoms with E-state index in [4.69, 9.17) is 13.0 Å². The van der Waals surface area contributed by atoms with Crippen molar-refractivity contribution in [3.63, 3.8) is 0 Å². The second-order valence-corrected chi connectivity index (χ2v) is 3.07. The Hall–Kier alpha value is -0.490. The Morgan fingerprint density at radius 3 is 3.18 bits per heavy atom. The van der Waals surface area contributed by atoms with Crippen LogP contribution in [0.3, 0.4) is 0 Å². The molecule has 0 amide bonds. The SMILES string of the molecule is [2H]c1ccc(Cl)cc1CCCC. The Morgan fingerprint density at radius 2 is 2.45 bits per heavy atom. The molecule has 1 rings (SSSR count). The zero-order chi connectivity index (χ0) is 8.97. The molecule has 0 N–H and O–H groups in total. The Balaban J connectivity index is 2.75. The number of hydrogen-bond donors (Lipinski definition) is 0. The highest BCUT2D eigenvalue weighted by Gasteiger charge is 1.92. The summed E-state index contributed by atoms with van der Waals surface area (Å²) >= 11 is 5.81. The number of benzene rings is 1. The number of aryl methyl sites for hydroxylation is 1. The van der Waals surface area contributed by atoms with Gasteiger partial charge in [0.05, 0.1) is 1.37 Å². The van der Waals surface area contributed by atoms with Crippen LogP contribution in [0.15, 0.2) is 24.2 Å². The average molecular weight is 170 g/mol. The first-order valence-electron chi connectivity index (χ1n) is 4.49. The van der Waals surface area contributed by atoms with E-state index in [0.29, 0.717) is 6.04 Å². The summed E-state index contributed by atoms with van der Waals surface area (Å²) in [7, 11) is 0. The van der Waals surface area contributed by atoms with Gasteiger partial charge in [-0.1, -0.05) is 37.1 Å². The highest BCUT2D eigenvalue weighted by Crippen LogP contribution is 2.12. The molecule has 0 fully saturated rings. The van der Waals surface area contributed by atoms with Crippen LogP contribution in [-0.4, -0.2) is 0 Å². The smallest absolute Gasteiger partial charge is 0.0626 e. The molecule has 60 valence electrons. The fourth-order valence-corrected chi connectivity index (χ4v) is 1.19. The molecule has 0 heterocycles. The maximum Gasteiger partial charge on any atom is 0.0626 e. The van der Waals surface area contributed by atoms with Crippen LogP contribution < -0.4 is 0 Å². The highest BCUT2D eigenvalue weighted by molar-refractivity contribution is 6.30. The summed E-state index contributed by atoms with van der Waals surface area (Å²) in [6.07, 6.45) is 3.26. The molecule has 0 bridgehead atoms. The van der Waals surface area contributed by atoms with Gasteiger partial charge in [-0.25, -0.2) is 0 Å². The molecule has 0 unspecified atom stereocenters. The number of rotatable bonds is 3. The molecule has 0 aliphatic heterocycles. The van der Waals surface area contributed by atoms with E-state index in [9.17, 15) is 0 Å². The Morgan fingerprint density at radius 1 is 1.64 bits per heavy atom. The maximum atomic E-state index is 7.59. The lowest BCUT2D eigenvalue weighted by atomic mass is 10.1. The second-order valence-electron chi connectivity index (χ2n) is 2.64. The molecule has 0 aliphatic rings. The summed E-state index contributed by atoms with van der Waals surface area (Å²) in [5.41, 5.74) is 1.06. The molecule has 0 aromatic heterocycles. The van der Waals surface area contributed by atoms with E-state index in [2.05, 4.69) is 6.92 Å². The molecule has 0 spiro atoms. The lowest BCUT2D eigenvalue weighted by Gasteiger charge is -1.98. The third-order valence-electron chi connectivity index (χ3n) is 1.62. The van der Waals surface area contributed by atoms with Crippen molar-refractivity contribution in [3.8, 4) is 0 Å². The van der Waals surface area contributed by atoms with Gasteiger partial charge in [0, 0.05) is 5.02 Å². The lowest BCUT2D eigenvalue weighted by molar-refractivity contribution is 0.795. The Labute approximate surface area is 74.6 Å². The van der Waals surface area contributed by atoms with Crippen LogP contribution in [0, 0.1) is 0 Å². The van der Waals surface area contributed by atoms with Gasteiger partial charge in [-0.15, -0.1) is 0 Å². The number of unbranched alkanes of at least 4 members (excludes halogenated alkanes) is 1. The summed E-state index contributed by atoms with van der Waals surface area (Å²) < 4.78 is 7.59. The maximum absolute atomic E-state index is 7.59. The molecule has 0 aliphatic carbocycles. The fourth-order valence-electron chi connectivity index (χ4n) is 0.996. The highest BCUT2D eigenvalue weighted by atomic mass is 35.5. The van der Waals surface area contributed by atoms with Crippen molar-refractivity contribution < 1.29 is 1.37 Å². The van der Waals surface area contributed by atoms with Gasteiger partial charge in [0.1, 0.15) is 0 Å². The molecule has 1 heteroatoms. The monoisotopic (exact) mass is 169 g/mol. The predicted octanol–water partition coefficient (Wildman–Crippen LogP) is 3.68. The largest absolute Gasteiger partial charge is 0.0843 e. The van der Waals surface area contributed by atoms with Crippen LogP contribution in [0.1, 0.15) is 26.7 Å². The summed E-state index contributed by atoms with van der Waals surface area (Å²) in [6.45, 7) is 2.15. The molecule has 11 heavy (non-hydrogen) atoms. The number of hydrogen-bond acceptors (Lipinski definition) is 0. The minimum Gasteiger partial charge on any atom is -0.0843 e.